The van der Waals surface area contributed by atoms with E-state index in [4.69, 9.17) is 0 Å². The van der Waals surface area contributed by atoms with Crippen LogP contribution in [0.4, 0.5) is 0 Å². The summed E-state index contributed by atoms with van der Waals surface area (Å²) in [5.74, 6) is -0.191. The highest BCUT2D eigenvalue weighted by Gasteiger charge is 2.28. The zero-order chi connectivity index (χ0) is 16.8. The van der Waals surface area contributed by atoms with E-state index in [2.05, 4.69) is 22.5 Å². The van der Waals surface area contributed by atoms with Gasteiger partial charge >= 0.3 is 0 Å². The molecule has 2 amide bonds. The maximum absolute atomic E-state index is 12.6. The van der Waals surface area contributed by atoms with Crippen molar-refractivity contribution in [1.29, 1.82) is 0 Å². The normalized spacial score (nSPS) is 17.9. The van der Waals surface area contributed by atoms with E-state index in [0.717, 1.165) is 32.5 Å². The van der Waals surface area contributed by atoms with Crippen molar-refractivity contribution in [2.24, 2.45) is 5.92 Å². The fraction of sp³-hybridized carbons (Fsp3) is 0.647. The van der Waals surface area contributed by atoms with Gasteiger partial charge in [0.1, 0.15) is 6.04 Å². The monoisotopic (exact) mass is 337 g/mol. The molecule has 1 atom stereocenters. The summed E-state index contributed by atoms with van der Waals surface area (Å²) in [4.78, 5) is 27.8. The van der Waals surface area contributed by atoms with Crippen LogP contribution in [0.2, 0.25) is 0 Å². The number of thiophene rings is 1. The summed E-state index contributed by atoms with van der Waals surface area (Å²) in [6.07, 6.45) is 1.95. The third-order valence-corrected chi connectivity index (χ3v) is 5.23. The van der Waals surface area contributed by atoms with E-state index in [9.17, 15) is 9.59 Å². The number of nitrogens with one attached hydrogen (secondary N) is 2. The Hall–Kier alpha value is -1.40. The van der Waals surface area contributed by atoms with Crippen LogP contribution in [0, 0.1) is 5.92 Å². The quantitative estimate of drug-likeness (QED) is 0.836. The molecule has 1 unspecified atom stereocenters. The van der Waals surface area contributed by atoms with Gasteiger partial charge in [-0.15, -0.1) is 11.3 Å². The molecule has 0 aliphatic carbocycles. The van der Waals surface area contributed by atoms with Crippen LogP contribution in [-0.2, 0) is 4.79 Å². The minimum Gasteiger partial charge on any atom is -0.351 e. The molecule has 1 aromatic heterocycles. The highest BCUT2D eigenvalue weighted by molar-refractivity contribution is 7.12. The van der Waals surface area contributed by atoms with E-state index in [0.29, 0.717) is 4.88 Å². The van der Waals surface area contributed by atoms with Crippen molar-refractivity contribution in [3.8, 4) is 0 Å². The molecule has 0 saturated carbocycles. The summed E-state index contributed by atoms with van der Waals surface area (Å²) in [6.45, 7) is 9.18. The van der Waals surface area contributed by atoms with Crippen LogP contribution < -0.4 is 10.6 Å². The molecule has 0 radical (unpaired) electrons. The Balaban J connectivity index is 1.90. The lowest BCUT2D eigenvalue weighted by Crippen LogP contribution is -2.53. The minimum atomic E-state index is -0.492. The van der Waals surface area contributed by atoms with Gasteiger partial charge in [-0.25, -0.2) is 0 Å². The highest BCUT2D eigenvalue weighted by Crippen LogP contribution is 2.13. The van der Waals surface area contributed by atoms with E-state index in [1.54, 1.807) is 6.07 Å². The molecule has 23 heavy (non-hydrogen) atoms. The lowest BCUT2D eigenvalue weighted by atomic mass is 10.0. The standard InChI is InChI=1S/C17H27N3O2S/c1-4-20-9-7-13(8-10-20)18-17(22)15(12(2)3)19-16(21)14-6-5-11-23-14/h5-6,11-13,15H,4,7-10H2,1-3H3,(H,18,22)(H,19,21). The van der Waals surface area contributed by atoms with Crippen LogP contribution in [0.15, 0.2) is 17.5 Å². The maximum Gasteiger partial charge on any atom is 0.262 e. The number of hydrogen-bond acceptors (Lipinski definition) is 4. The largest absolute Gasteiger partial charge is 0.351 e. The molecule has 0 aromatic carbocycles. The summed E-state index contributed by atoms with van der Waals surface area (Å²) in [6, 6.07) is 3.33. The molecule has 2 rings (SSSR count). The van der Waals surface area contributed by atoms with Gasteiger partial charge < -0.3 is 15.5 Å². The van der Waals surface area contributed by atoms with E-state index >= 15 is 0 Å². The number of piperidine rings is 1. The van der Waals surface area contributed by atoms with Gasteiger partial charge in [0.15, 0.2) is 0 Å². The Kier molecular flexibility index (Phi) is 6.59. The second kappa shape index (κ2) is 8.45. The molecule has 0 bridgehead atoms. The van der Waals surface area contributed by atoms with Crippen molar-refractivity contribution >= 4 is 23.2 Å². The van der Waals surface area contributed by atoms with Crippen molar-refractivity contribution in [3.63, 3.8) is 0 Å². The van der Waals surface area contributed by atoms with E-state index < -0.39 is 6.04 Å². The average molecular weight is 337 g/mol. The molecular formula is C17H27N3O2S. The first-order valence-electron chi connectivity index (χ1n) is 8.38. The zero-order valence-corrected chi connectivity index (χ0v) is 15.0. The van der Waals surface area contributed by atoms with Crippen LogP contribution in [0.3, 0.4) is 0 Å². The van der Waals surface area contributed by atoms with Crippen molar-refractivity contribution in [3.05, 3.63) is 22.4 Å². The van der Waals surface area contributed by atoms with Crippen LogP contribution >= 0.6 is 11.3 Å². The molecule has 2 heterocycles. The number of rotatable bonds is 6. The summed E-state index contributed by atoms with van der Waals surface area (Å²) in [5, 5.41) is 7.86. The summed E-state index contributed by atoms with van der Waals surface area (Å²) in [5.41, 5.74) is 0. The van der Waals surface area contributed by atoms with E-state index in [1.165, 1.54) is 11.3 Å². The van der Waals surface area contributed by atoms with Crippen LogP contribution in [0.25, 0.3) is 0 Å². The summed E-state index contributed by atoms with van der Waals surface area (Å²) < 4.78 is 0. The maximum atomic E-state index is 12.6. The predicted octanol–water partition coefficient (Wildman–Crippen LogP) is 2.10. The third-order valence-electron chi connectivity index (χ3n) is 4.36. The minimum absolute atomic E-state index is 0.0506. The van der Waals surface area contributed by atoms with Gasteiger partial charge in [-0.05, 0) is 36.8 Å². The zero-order valence-electron chi connectivity index (χ0n) is 14.2. The lowest BCUT2D eigenvalue weighted by molar-refractivity contribution is -0.125. The molecule has 6 heteroatoms. The van der Waals surface area contributed by atoms with Gasteiger partial charge in [0.2, 0.25) is 5.91 Å². The van der Waals surface area contributed by atoms with Gasteiger partial charge in [-0.2, -0.15) is 0 Å². The van der Waals surface area contributed by atoms with Crippen molar-refractivity contribution in [1.82, 2.24) is 15.5 Å². The van der Waals surface area contributed by atoms with Crippen LogP contribution in [0.5, 0.6) is 0 Å². The smallest absolute Gasteiger partial charge is 0.262 e. The van der Waals surface area contributed by atoms with E-state index in [1.807, 2.05) is 25.3 Å². The van der Waals surface area contributed by atoms with Crippen LogP contribution in [-0.4, -0.2) is 48.4 Å². The molecule has 1 aromatic rings. The van der Waals surface area contributed by atoms with Gasteiger partial charge in [0.05, 0.1) is 4.88 Å². The number of likely N-dealkylation sites (tertiary alicyclic amines) is 1. The van der Waals surface area contributed by atoms with Crippen molar-refractivity contribution < 1.29 is 9.59 Å². The third kappa shape index (κ3) is 5.04. The average Bonchev–Trinajstić information content (AvgIpc) is 3.07. The Morgan fingerprint density at radius 1 is 1.35 bits per heavy atom. The van der Waals surface area contributed by atoms with Crippen molar-refractivity contribution in [2.45, 2.75) is 45.7 Å². The fourth-order valence-corrected chi connectivity index (χ4v) is 3.47. The fourth-order valence-electron chi connectivity index (χ4n) is 2.84. The van der Waals surface area contributed by atoms with Gasteiger partial charge in [-0.3, -0.25) is 9.59 Å². The number of carbonyl (C=O) groups is 2. The first-order chi connectivity index (χ1) is 11.0. The number of hydrogen-bond donors (Lipinski definition) is 2. The molecule has 1 aliphatic heterocycles. The number of amides is 2. The van der Waals surface area contributed by atoms with Gasteiger partial charge in [-0.1, -0.05) is 26.8 Å². The number of carbonyl (C=O) groups excluding carboxylic acids is 2. The molecule has 0 spiro atoms. The van der Waals surface area contributed by atoms with Gasteiger partial charge in [0.25, 0.3) is 5.91 Å². The predicted molar refractivity (Wildman–Crippen MR) is 93.7 cm³/mol. The molecule has 1 aliphatic rings. The Morgan fingerprint density at radius 3 is 2.57 bits per heavy atom. The summed E-state index contributed by atoms with van der Waals surface area (Å²) in [7, 11) is 0. The molecule has 2 N–H and O–H groups in total. The Bertz CT molecular complexity index is 508. The molecule has 1 saturated heterocycles. The van der Waals surface area contributed by atoms with E-state index in [-0.39, 0.29) is 23.8 Å². The molecular weight excluding hydrogens is 310 g/mol. The highest BCUT2D eigenvalue weighted by atomic mass is 32.1. The first-order valence-corrected chi connectivity index (χ1v) is 9.26. The van der Waals surface area contributed by atoms with Crippen LogP contribution in [0.1, 0.15) is 43.3 Å². The summed E-state index contributed by atoms with van der Waals surface area (Å²) >= 11 is 1.39. The van der Waals surface area contributed by atoms with Crippen molar-refractivity contribution in [2.75, 3.05) is 19.6 Å². The van der Waals surface area contributed by atoms with Gasteiger partial charge in [0, 0.05) is 19.1 Å². The Morgan fingerprint density at radius 2 is 2.04 bits per heavy atom. The first kappa shape index (κ1) is 17.9. The molecule has 1 fully saturated rings. The SMILES string of the molecule is CCN1CCC(NC(=O)C(NC(=O)c2cccs2)C(C)C)CC1. The molecule has 5 nitrogen and oxygen atoms in total. The second-order valence-corrected chi connectivity index (χ2v) is 7.34. The molecule has 128 valence electrons. The topological polar surface area (TPSA) is 61.4 Å². The number of nitrogens with zero attached hydrogens (tertiary/aromatic N) is 1. The second-order valence-electron chi connectivity index (χ2n) is 6.39. The Labute approximate surface area is 142 Å². The lowest BCUT2D eigenvalue weighted by Gasteiger charge is -2.32.